The summed E-state index contributed by atoms with van der Waals surface area (Å²) in [5.74, 6) is 1.09. The van der Waals surface area contributed by atoms with Crippen LogP contribution in [-0.2, 0) is 5.41 Å². The van der Waals surface area contributed by atoms with Crippen molar-refractivity contribution in [3.8, 4) is 5.75 Å². The Balaban J connectivity index is 2.80. The van der Waals surface area contributed by atoms with Gasteiger partial charge in [-0.05, 0) is 35.4 Å². The number of benzene rings is 1. The van der Waals surface area contributed by atoms with Crippen molar-refractivity contribution in [3.63, 3.8) is 0 Å². The summed E-state index contributed by atoms with van der Waals surface area (Å²) in [4.78, 5) is 0. The van der Waals surface area contributed by atoms with Crippen molar-refractivity contribution in [1.29, 1.82) is 0 Å². The van der Waals surface area contributed by atoms with Crippen molar-refractivity contribution < 1.29 is 5.11 Å². The van der Waals surface area contributed by atoms with Crippen LogP contribution in [0.1, 0.15) is 46.1 Å². The fourth-order valence-corrected chi connectivity index (χ4v) is 2.05. The first kappa shape index (κ1) is 12.1. The molecule has 0 spiro atoms. The van der Waals surface area contributed by atoms with Gasteiger partial charge in [0.05, 0.1) is 0 Å². The molecule has 0 bridgehead atoms. The summed E-state index contributed by atoms with van der Waals surface area (Å²) in [6, 6.07) is 7.59. The van der Waals surface area contributed by atoms with Crippen LogP contribution in [0.15, 0.2) is 24.3 Å². The van der Waals surface area contributed by atoms with Crippen molar-refractivity contribution in [1.82, 2.24) is 0 Å². The minimum absolute atomic E-state index is 0.198. The Morgan fingerprint density at radius 2 is 1.73 bits per heavy atom. The molecule has 1 aromatic rings. The van der Waals surface area contributed by atoms with Crippen LogP contribution in [-0.4, -0.2) is 5.11 Å². The Morgan fingerprint density at radius 3 is 2.20 bits per heavy atom. The fourth-order valence-electron chi connectivity index (χ4n) is 2.05. The molecule has 1 N–H and O–H groups in total. The lowest BCUT2D eigenvalue weighted by Crippen LogP contribution is -2.20. The van der Waals surface area contributed by atoms with E-state index in [1.807, 2.05) is 12.1 Å². The van der Waals surface area contributed by atoms with Crippen molar-refractivity contribution in [2.24, 2.45) is 5.92 Å². The number of hydrogen-bond donors (Lipinski definition) is 1. The minimum atomic E-state index is 0.198. The van der Waals surface area contributed by atoms with E-state index in [1.165, 1.54) is 18.4 Å². The molecule has 1 rings (SSSR count). The highest BCUT2D eigenvalue weighted by atomic mass is 16.3. The van der Waals surface area contributed by atoms with E-state index in [4.69, 9.17) is 0 Å². The van der Waals surface area contributed by atoms with Gasteiger partial charge in [0.15, 0.2) is 0 Å². The van der Waals surface area contributed by atoms with Gasteiger partial charge in [0.25, 0.3) is 0 Å². The van der Waals surface area contributed by atoms with E-state index in [2.05, 4.69) is 27.7 Å². The monoisotopic (exact) mass is 206 g/mol. The molecule has 0 aliphatic rings. The maximum Gasteiger partial charge on any atom is 0.115 e. The zero-order valence-electron chi connectivity index (χ0n) is 10.2. The van der Waals surface area contributed by atoms with Crippen LogP contribution in [0.3, 0.4) is 0 Å². The third-order valence-electron chi connectivity index (χ3n) is 3.20. The molecule has 84 valence electrons. The lowest BCUT2D eigenvalue weighted by Gasteiger charge is -2.28. The van der Waals surface area contributed by atoms with Crippen molar-refractivity contribution >= 4 is 0 Å². The molecule has 0 aromatic heterocycles. The second kappa shape index (κ2) is 4.69. The van der Waals surface area contributed by atoms with E-state index in [-0.39, 0.29) is 5.41 Å². The lowest BCUT2D eigenvalue weighted by molar-refractivity contribution is 0.372. The van der Waals surface area contributed by atoms with Crippen LogP contribution in [0.25, 0.3) is 0 Å². The average molecular weight is 206 g/mol. The summed E-state index contributed by atoms with van der Waals surface area (Å²) >= 11 is 0. The van der Waals surface area contributed by atoms with Gasteiger partial charge in [-0.15, -0.1) is 0 Å². The molecule has 0 fully saturated rings. The molecule has 0 saturated carbocycles. The fraction of sp³-hybridized carbons (Fsp3) is 0.571. The van der Waals surface area contributed by atoms with Gasteiger partial charge in [-0.25, -0.2) is 0 Å². The number of rotatable bonds is 4. The van der Waals surface area contributed by atoms with Crippen LogP contribution in [0.4, 0.5) is 0 Å². The zero-order chi connectivity index (χ0) is 11.5. The van der Waals surface area contributed by atoms with Gasteiger partial charge in [-0.1, -0.05) is 46.2 Å². The summed E-state index contributed by atoms with van der Waals surface area (Å²) in [7, 11) is 0. The lowest BCUT2D eigenvalue weighted by atomic mass is 9.77. The van der Waals surface area contributed by atoms with E-state index >= 15 is 0 Å². The number of hydrogen-bond acceptors (Lipinski definition) is 1. The van der Waals surface area contributed by atoms with E-state index in [0.29, 0.717) is 5.75 Å². The van der Waals surface area contributed by atoms with Gasteiger partial charge >= 0.3 is 0 Å². The molecular formula is C14H22O. The molecule has 1 heteroatoms. The third-order valence-corrected chi connectivity index (χ3v) is 3.20. The predicted molar refractivity (Wildman–Crippen MR) is 65.2 cm³/mol. The maximum absolute atomic E-state index is 9.25. The molecule has 1 nitrogen and oxygen atoms in total. The molecule has 1 atom stereocenters. The molecule has 1 unspecified atom stereocenters. The summed E-state index contributed by atoms with van der Waals surface area (Å²) in [5.41, 5.74) is 1.50. The molecule has 0 saturated heterocycles. The van der Waals surface area contributed by atoms with Crippen LogP contribution < -0.4 is 0 Å². The molecule has 0 amide bonds. The Morgan fingerprint density at radius 1 is 1.20 bits per heavy atom. The molecular weight excluding hydrogens is 184 g/mol. The van der Waals surface area contributed by atoms with Crippen molar-refractivity contribution in [2.75, 3.05) is 0 Å². The summed E-state index contributed by atoms with van der Waals surface area (Å²) in [6.07, 6.45) is 2.41. The molecule has 15 heavy (non-hydrogen) atoms. The van der Waals surface area contributed by atoms with Crippen LogP contribution >= 0.6 is 0 Å². The summed E-state index contributed by atoms with van der Waals surface area (Å²) < 4.78 is 0. The molecule has 0 aliphatic heterocycles. The Bertz CT molecular complexity index is 298. The SMILES string of the molecule is CCC(C)CC(C)(C)c1ccc(O)cc1. The maximum atomic E-state index is 9.25. The summed E-state index contributed by atoms with van der Waals surface area (Å²) in [6.45, 7) is 9.07. The van der Waals surface area contributed by atoms with Gasteiger partial charge < -0.3 is 5.11 Å². The van der Waals surface area contributed by atoms with Gasteiger partial charge in [-0.3, -0.25) is 0 Å². The van der Waals surface area contributed by atoms with Crippen molar-refractivity contribution in [2.45, 2.75) is 46.0 Å². The standard InChI is InChI=1S/C14H22O/c1-5-11(2)10-14(3,4)12-6-8-13(15)9-7-12/h6-9,11,15H,5,10H2,1-4H3. The first-order valence-electron chi connectivity index (χ1n) is 5.75. The number of aromatic hydroxyl groups is 1. The Labute approximate surface area is 93.1 Å². The topological polar surface area (TPSA) is 20.2 Å². The average Bonchev–Trinajstić information content (AvgIpc) is 2.17. The Kier molecular flexibility index (Phi) is 3.78. The predicted octanol–water partition coefficient (Wildman–Crippen LogP) is 4.11. The van der Waals surface area contributed by atoms with Crippen LogP contribution in [0, 0.1) is 5.92 Å². The highest BCUT2D eigenvalue weighted by molar-refractivity contribution is 5.30. The highest BCUT2D eigenvalue weighted by Gasteiger charge is 2.22. The second-order valence-corrected chi connectivity index (χ2v) is 5.15. The number of phenols is 1. The smallest absolute Gasteiger partial charge is 0.115 e. The van der Waals surface area contributed by atoms with Gasteiger partial charge in [-0.2, -0.15) is 0 Å². The zero-order valence-corrected chi connectivity index (χ0v) is 10.2. The van der Waals surface area contributed by atoms with E-state index < -0.39 is 0 Å². The van der Waals surface area contributed by atoms with Crippen molar-refractivity contribution in [3.05, 3.63) is 29.8 Å². The number of phenolic OH excluding ortho intramolecular Hbond substituents is 1. The van der Waals surface area contributed by atoms with Crippen LogP contribution in [0.2, 0.25) is 0 Å². The Hall–Kier alpha value is -0.980. The normalized spacial score (nSPS) is 13.9. The molecule has 0 heterocycles. The molecule has 0 radical (unpaired) electrons. The van der Waals surface area contributed by atoms with Gasteiger partial charge in [0, 0.05) is 0 Å². The largest absolute Gasteiger partial charge is 0.508 e. The second-order valence-electron chi connectivity index (χ2n) is 5.15. The highest BCUT2D eigenvalue weighted by Crippen LogP contribution is 2.32. The van der Waals surface area contributed by atoms with E-state index in [9.17, 15) is 5.11 Å². The quantitative estimate of drug-likeness (QED) is 0.786. The molecule has 0 aliphatic carbocycles. The minimum Gasteiger partial charge on any atom is -0.508 e. The van der Waals surface area contributed by atoms with Crippen LogP contribution in [0.5, 0.6) is 5.75 Å². The van der Waals surface area contributed by atoms with E-state index in [0.717, 1.165) is 5.92 Å². The van der Waals surface area contributed by atoms with Gasteiger partial charge in [0.2, 0.25) is 0 Å². The molecule has 1 aromatic carbocycles. The first-order valence-corrected chi connectivity index (χ1v) is 5.75. The first-order chi connectivity index (χ1) is 6.95. The van der Waals surface area contributed by atoms with Gasteiger partial charge in [0.1, 0.15) is 5.75 Å². The van der Waals surface area contributed by atoms with E-state index in [1.54, 1.807) is 12.1 Å². The summed E-state index contributed by atoms with van der Waals surface area (Å²) in [5, 5.41) is 9.25. The third kappa shape index (κ3) is 3.26.